The number of halogens is 2. The number of nitrogens with zero attached hydrogens (tertiary/aromatic N) is 1. The molecule has 0 aromatic heterocycles. The van der Waals surface area contributed by atoms with E-state index in [0.29, 0.717) is 17.4 Å². The Labute approximate surface area is 154 Å². The van der Waals surface area contributed by atoms with E-state index in [9.17, 15) is 4.39 Å². The van der Waals surface area contributed by atoms with Crippen LogP contribution in [0.5, 0.6) is 0 Å². The topological polar surface area (TPSA) is 12.4 Å². The summed E-state index contributed by atoms with van der Waals surface area (Å²) in [4.78, 5) is 4.00. The molecule has 1 nitrogen and oxygen atoms in total. The Kier molecular flexibility index (Phi) is 5.70. The molecule has 1 aliphatic carbocycles. The van der Waals surface area contributed by atoms with Gasteiger partial charge in [-0.05, 0) is 61.6 Å². The van der Waals surface area contributed by atoms with Crippen molar-refractivity contribution in [2.45, 2.75) is 38.5 Å². The highest BCUT2D eigenvalue weighted by Gasteiger charge is 2.20. The van der Waals surface area contributed by atoms with Gasteiger partial charge >= 0.3 is 0 Å². The van der Waals surface area contributed by atoms with Crippen LogP contribution in [0.15, 0.2) is 54.0 Å². The molecule has 130 valence electrons. The highest BCUT2D eigenvalue weighted by Crippen LogP contribution is 2.38. The molecular weight excluding hydrogens is 333 g/mol. The fourth-order valence-corrected chi connectivity index (χ4v) is 3.89. The second-order valence-electron chi connectivity index (χ2n) is 6.62. The van der Waals surface area contributed by atoms with Crippen LogP contribution in [0.4, 0.5) is 10.1 Å². The van der Waals surface area contributed by atoms with E-state index in [0.717, 1.165) is 5.56 Å². The maximum absolute atomic E-state index is 14.3. The third-order valence-corrected chi connectivity index (χ3v) is 5.50. The fraction of sp³-hybridized carbons (Fsp3) is 0.318. The fourth-order valence-electron chi connectivity index (χ4n) is 3.62. The lowest BCUT2D eigenvalue weighted by molar-refractivity contribution is 0.376. The minimum Gasteiger partial charge on any atom is -0.258 e. The van der Waals surface area contributed by atoms with E-state index in [1.54, 1.807) is 19.2 Å². The number of hydrogen-bond acceptors (Lipinski definition) is 1. The molecule has 0 saturated heterocycles. The molecule has 3 rings (SSSR count). The summed E-state index contributed by atoms with van der Waals surface area (Å²) in [6, 6.07) is 11.9. The number of aliphatic imine (C=N–C) groups is 1. The molecule has 2 aromatic rings. The molecule has 0 amide bonds. The molecule has 0 N–H and O–H groups in total. The Hall–Kier alpha value is -1.93. The van der Waals surface area contributed by atoms with Crippen LogP contribution in [0, 0.1) is 11.7 Å². The van der Waals surface area contributed by atoms with Gasteiger partial charge in [0.05, 0.1) is 10.7 Å². The standard InChI is InChI=1S/C22H23ClFN/c1-3-15-5-7-16(8-6-15)17-9-11-18(12-10-17)19-13-14-20(25-4-2)22(24)21(19)23/h3-4,9-16H,1,5-8H2,2H3. The van der Waals surface area contributed by atoms with Crippen molar-refractivity contribution >= 4 is 23.5 Å². The number of allylic oxidation sites excluding steroid dienone is 1. The van der Waals surface area contributed by atoms with E-state index in [-0.39, 0.29) is 10.7 Å². The van der Waals surface area contributed by atoms with E-state index < -0.39 is 5.82 Å². The summed E-state index contributed by atoms with van der Waals surface area (Å²) in [7, 11) is 0. The van der Waals surface area contributed by atoms with Crippen molar-refractivity contribution in [1.29, 1.82) is 0 Å². The first-order chi connectivity index (χ1) is 12.1. The third-order valence-electron chi connectivity index (χ3n) is 5.13. The summed E-state index contributed by atoms with van der Waals surface area (Å²) in [5.41, 5.74) is 3.26. The van der Waals surface area contributed by atoms with Crippen LogP contribution in [-0.4, -0.2) is 6.21 Å². The van der Waals surface area contributed by atoms with Gasteiger partial charge in [-0.3, -0.25) is 4.99 Å². The molecule has 3 heteroatoms. The highest BCUT2D eigenvalue weighted by molar-refractivity contribution is 6.33. The molecule has 0 heterocycles. The van der Waals surface area contributed by atoms with Gasteiger partial charge in [-0.1, -0.05) is 48.0 Å². The van der Waals surface area contributed by atoms with E-state index in [1.807, 2.05) is 18.2 Å². The van der Waals surface area contributed by atoms with Crippen LogP contribution in [0.1, 0.15) is 44.1 Å². The van der Waals surface area contributed by atoms with Crippen molar-refractivity contribution in [3.05, 3.63) is 65.5 Å². The number of benzene rings is 2. The normalized spacial score (nSPS) is 20.8. The largest absolute Gasteiger partial charge is 0.258 e. The number of hydrogen-bond donors (Lipinski definition) is 0. The molecule has 0 radical (unpaired) electrons. The molecule has 0 unspecified atom stereocenters. The van der Waals surface area contributed by atoms with E-state index in [1.165, 1.54) is 31.2 Å². The van der Waals surface area contributed by atoms with Crippen molar-refractivity contribution in [1.82, 2.24) is 0 Å². The first kappa shape index (κ1) is 17.9. The van der Waals surface area contributed by atoms with Gasteiger partial charge in [-0.2, -0.15) is 0 Å². The minimum atomic E-state index is -0.468. The first-order valence-corrected chi connectivity index (χ1v) is 9.21. The van der Waals surface area contributed by atoms with Crippen molar-refractivity contribution in [3.63, 3.8) is 0 Å². The third kappa shape index (κ3) is 3.85. The quantitative estimate of drug-likeness (QED) is 0.402. The summed E-state index contributed by atoms with van der Waals surface area (Å²) in [5, 5.41) is 0.127. The summed E-state index contributed by atoms with van der Waals surface area (Å²) in [5.74, 6) is 0.810. The second-order valence-corrected chi connectivity index (χ2v) is 6.99. The molecule has 0 spiro atoms. The molecule has 1 aliphatic rings. The first-order valence-electron chi connectivity index (χ1n) is 8.83. The smallest absolute Gasteiger partial charge is 0.167 e. The van der Waals surface area contributed by atoms with Gasteiger partial charge in [-0.25, -0.2) is 4.39 Å². The highest BCUT2D eigenvalue weighted by atomic mass is 35.5. The summed E-state index contributed by atoms with van der Waals surface area (Å²) in [6.45, 7) is 5.66. The average Bonchev–Trinajstić information content (AvgIpc) is 2.66. The maximum atomic E-state index is 14.3. The van der Waals surface area contributed by atoms with Crippen molar-refractivity contribution in [2.75, 3.05) is 0 Å². The molecule has 1 fully saturated rings. The SMILES string of the molecule is C=CC1CCC(c2ccc(-c3ccc(N=CC)c(F)c3Cl)cc2)CC1. The average molecular weight is 356 g/mol. The lowest BCUT2D eigenvalue weighted by Gasteiger charge is -2.27. The molecule has 1 saturated carbocycles. The molecule has 25 heavy (non-hydrogen) atoms. The maximum Gasteiger partial charge on any atom is 0.167 e. The van der Waals surface area contributed by atoms with Crippen LogP contribution >= 0.6 is 11.6 Å². The molecule has 2 aromatic carbocycles. The second kappa shape index (κ2) is 7.97. The lowest BCUT2D eigenvalue weighted by atomic mass is 9.78. The zero-order valence-electron chi connectivity index (χ0n) is 14.5. The minimum absolute atomic E-state index is 0.127. The van der Waals surface area contributed by atoms with E-state index in [2.05, 4.69) is 29.8 Å². The Morgan fingerprint density at radius 3 is 2.36 bits per heavy atom. The van der Waals surface area contributed by atoms with Crippen LogP contribution in [-0.2, 0) is 0 Å². The predicted molar refractivity (Wildman–Crippen MR) is 106 cm³/mol. The van der Waals surface area contributed by atoms with Crippen molar-refractivity contribution < 1.29 is 4.39 Å². The van der Waals surface area contributed by atoms with Crippen molar-refractivity contribution in [2.24, 2.45) is 10.9 Å². The predicted octanol–water partition coefficient (Wildman–Crippen LogP) is 7.33. The molecule has 0 atom stereocenters. The monoisotopic (exact) mass is 355 g/mol. The Morgan fingerprint density at radius 1 is 1.08 bits per heavy atom. The summed E-state index contributed by atoms with van der Waals surface area (Å²) >= 11 is 6.23. The van der Waals surface area contributed by atoms with Gasteiger partial charge in [0.2, 0.25) is 0 Å². The van der Waals surface area contributed by atoms with Gasteiger partial charge in [-0.15, -0.1) is 6.58 Å². The Balaban J connectivity index is 1.81. The molecule has 0 aliphatic heterocycles. The van der Waals surface area contributed by atoms with Crippen LogP contribution in [0.3, 0.4) is 0 Å². The Bertz CT molecular complexity index is 771. The van der Waals surface area contributed by atoms with Gasteiger partial charge < -0.3 is 0 Å². The van der Waals surface area contributed by atoms with Gasteiger partial charge in [0.1, 0.15) is 0 Å². The van der Waals surface area contributed by atoms with Gasteiger partial charge in [0.15, 0.2) is 5.82 Å². The Morgan fingerprint density at radius 2 is 1.76 bits per heavy atom. The van der Waals surface area contributed by atoms with Crippen molar-refractivity contribution in [3.8, 4) is 11.1 Å². The zero-order valence-corrected chi connectivity index (χ0v) is 15.3. The van der Waals surface area contributed by atoms with Crippen LogP contribution in [0.25, 0.3) is 11.1 Å². The van der Waals surface area contributed by atoms with Gasteiger partial charge in [0, 0.05) is 11.8 Å². The van der Waals surface area contributed by atoms with Gasteiger partial charge in [0.25, 0.3) is 0 Å². The summed E-state index contributed by atoms with van der Waals surface area (Å²) in [6.07, 6.45) is 8.48. The lowest BCUT2D eigenvalue weighted by Crippen LogP contribution is -2.11. The van der Waals surface area contributed by atoms with Crippen LogP contribution < -0.4 is 0 Å². The molecular formula is C22H23ClFN. The van der Waals surface area contributed by atoms with E-state index >= 15 is 0 Å². The zero-order chi connectivity index (χ0) is 17.8. The number of rotatable bonds is 4. The summed E-state index contributed by atoms with van der Waals surface area (Å²) < 4.78 is 14.3. The molecule has 0 bridgehead atoms. The van der Waals surface area contributed by atoms with E-state index in [4.69, 9.17) is 11.6 Å². The van der Waals surface area contributed by atoms with Crippen LogP contribution in [0.2, 0.25) is 5.02 Å².